The number of rotatable bonds is 5. The first-order valence-electron chi connectivity index (χ1n) is 7.12. The van der Waals surface area contributed by atoms with E-state index in [-0.39, 0.29) is 0 Å². The zero-order valence-electron chi connectivity index (χ0n) is 12.0. The molecule has 0 fully saturated rings. The van der Waals surface area contributed by atoms with Gasteiger partial charge in [0.05, 0.1) is 12.2 Å². The van der Waals surface area contributed by atoms with Crippen molar-refractivity contribution < 1.29 is 0 Å². The molecule has 0 bridgehead atoms. The lowest BCUT2D eigenvalue weighted by atomic mass is 10.1. The lowest BCUT2D eigenvalue weighted by Crippen LogP contribution is -2.02. The molecule has 1 aromatic carbocycles. The molecule has 21 heavy (non-hydrogen) atoms. The molecule has 0 aliphatic rings. The van der Waals surface area contributed by atoms with Crippen molar-refractivity contribution in [1.82, 2.24) is 14.8 Å². The van der Waals surface area contributed by atoms with E-state index < -0.39 is 0 Å². The van der Waals surface area contributed by atoms with Gasteiger partial charge >= 0.3 is 0 Å². The highest BCUT2D eigenvalue weighted by molar-refractivity contribution is 5.65. The van der Waals surface area contributed by atoms with Gasteiger partial charge in [-0.15, -0.1) is 0 Å². The lowest BCUT2D eigenvalue weighted by Gasteiger charge is -2.06. The van der Waals surface area contributed by atoms with Crippen molar-refractivity contribution in [1.29, 1.82) is 0 Å². The van der Waals surface area contributed by atoms with Crippen LogP contribution in [-0.2, 0) is 13.1 Å². The molecular formula is C17H18N4. The van der Waals surface area contributed by atoms with E-state index >= 15 is 0 Å². The second-order valence-electron chi connectivity index (χ2n) is 4.84. The zero-order valence-corrected chi connectivity index (χ0v) is 12.0. The normalized spacial score (nSPS) is 10.5. The average Bonchev–Trinajstić information content (AvgIpc) is 3.02. The molecule has 0 atom stereocenters. The highest BCUT2D eigenvalue weighted by atomic mass is 15.3. The van der Waals surface area contributed by atoms with Crippen molar-refractivity contribution in [3.8, 4) is 11.1 Å². The lowest BCUT2D eigenvalue weighted by molar-refractivity contribution is 0.649. The summed E-state index contributed by atoms with van der Waals surface area (Å²) in [7, 11) is 0. The summed E-state index contributed by atoms with van der Waals surface area (Å²) in [5.41, 5.74) is 4.44. The topological polar surface area (TPSA) is 42.7 Å². The highest BCUT2D eigenvalue weighted by Gasteiger charge is 2.00. The van der Waals surface area contributed by atoms with Crippen LogP contribution in [0.1, 0.15) is 12.6 Å². The van der Waals surface area contributed by atoms with Gasteiger partial charge in [0.1, 0.15) is 0 Å². The predicted octanol–water partition coefficient (Wildman–Crippen LogP) is 3.58. The van der Waals surface area contributed by atoms with Crippen LogP contribution >= 0.6 is 0 Å². The van der Waals surface area contributed by atoms with Gasteiger partial charge in [0.25, 0.3) is 0 Å². The smallest absolute Gasteiger partial charge is 0.0815 e. The first-order chi connectivity index (χ1) is 10.3. The molecule has 0 aliphatic heterocycles. The van der Waals surface area contributed by atoms with Gasteiger partial charge in [0, 0.05) is 30.8 Å². The summed E-state index contributed by atoms with van der Waals surface area (Å²) in [5.74, 6) is 0. The van der Waals surface area contributed by atoms with Crippen molar-refractivity contribution in [2.24, 2.45) is 0 Å². The summed E-state index contributed by atoms with van der Waals surface area (Å²) in [4.78, 5) is 4.14. The van der Waals surface area contributed by atoms with Crippen LogP contribution in [0, 0.1) is 0 Å². The van der Waals surface area contributed by atoms with Gasteiger partial charge in [0.2, 0.25) is 0 Å². The van der Waals surface area contributed by atoms with Crippen molar-refractivity contribution >= 4 is 5.69 Å². The van der Waals surface area contributed by atoms with Crippen LogP contribution in [0.25, 0.3) is 11.1 Å². The maximum atomic E-state index is 4.45. The fourth-order valence-electron chi connectivity index (χ4n) is 2.18. The van der Waals surface area contributed by atoms with Gasteiger partial charge in [-0.25, -0.2) is 0 Å². The third kappa shape index (κ3) is 3.28. The Kier molecular flexibility index (Phi) is 3.96. The van der Waals surface area contributed by atoms with Crippen LogP contribution in [0.15, 0.2) is 61.1 Å². The molecule has 4 nitrogen and oxygen atoms in total. The fraction of sp³-hybridized carbons (Fsp3) is 0.176. The number of anilines is 1. The summed E-state index contributed by atoms with van der Waals surface area (Å²) in [6.45, 7) is 3.72. The number of hydrogen-bond donors (Lipinski definition) is 1. The van der Waals surface area contributed by atoms with Crippen molar-refractivity contribution in [3.63, 3.8) is 0 Å². The molecule has 0 unspecified atom stereocenters. The highest BCUT2D eigenvalue weighted by Crippen LogP contribution is 2.20. The van der Waals surface area contributed by atoms with Crippen molar-refractivity contribution in [3.05, 3.63) is 66.7 Å². The molecule has 0 aliphatic carbocycles. The molecule has 4 heteroatoms. The molecule has 0 radical (unpaired) electrons. The van der Waals surface area contributed by atoms with E-state index in [0.717, 1.165) is 30.0 Å². The second-order valence-corrected chi connectivity index (χ2v) is 4.84. The zero-order chi connectivity index (χ0) is 14.5. The summed E-state index contributed by atoms with van der Waals surface area (Å²) in [6.07, 6.45) is 5.66. The van der Waals surface area contributed by atoms with E-state index in [0.29, 0.717) is 0 Å². The second kappa shape index (κ2) is 6.22. The van der Waals surface area contributed by atoms with Crippen LogP contribution < -0.4 is 5.32 Å². The molecule has 2 aromatic heterocycles. The SMILES string of the molecule is CCn1ccc(CNc2ccc(-c3cccnc3)cc2)n1. The fourth-order valence-corrected chi connectivity index (χ4v) is 2.18. The van der Waals surface area contributed by atoms with Crippen molar-refractivity contribution in [2.75, 3.05) is 5.32 Å². The van der Waals surface area contributed by atoms with Gasteiger partial charge in [-0.3, -0.25) is 9.67 Å². The molecule has 3 rings (SSSR count). The van der Waals surface area contributed by atoms with Gasteiger partial charge in [-0.2, -0.15) is 5.10 Å². The van der Waals surface area contributed by atoms with Crippen LogP contribution in [0.5, 0.6) is 0 Å². The van der Waals surface area contributed by atoms with Gasteiger partial charge in [-0.1, -0.05) is 18.2 Å². The number of aryl methyl sites for hydroxylation is 1. The molecule has 0 saturated heterocycles. The molecule has 0 amide bonds. The van der Waals surface area contributed by atoms with Crippen LogP contribution in [0.3, 0.4) is 0 Å². The third-order valence-corrected chi connectivity index (χ3v) is 3.37. The molecule has 1 N–H and O–H groups in total. The number of aromatic nitrogens is 3. The molecule has 3 aromatic rings. The van der Waals surface area contributed by atoms with Crippen molar-refractivity contribution in [2.45, 2.75) is 20.0 Å². The van der Waals surface area contributed by atoms with E-state index in [1.54, 1.807) is 6.20 Å². The van der Waals surface area contributed by atoms with E-state index in [1.807, 2.05) is 29.2 Å². The average molecular weight is 278 g/mol. The Morgan fingerprint density at radius 1 is 1.05 bits per heavy atom. The monoisotopic (exact) mass is 278 g/mol. The summed E-state index contributed by atoms with van der Waals surface area (Å²) >= 11 is 0. The van der Waals surface area contributed by atoms with Crippen LogP contribution in [0.2, 0.25) is 0 Å². The third-order valence-electron chi connectivity index (χ3n) is 3.37. The Bertz CT molecular complexity index is 686. The molecule has 106 valence electrons. The van der Waals surface area contributed by atoms with Gasteiger partial charge in [-0.05, 0) is 42.3 Å². The number of hydrogen-bond acceptors (Lipinski definition) is 3. The van der Waals surface area contributed by atoms with E-state index in [4.69, 9.17) is 0 Å². The van der Waals surface area contributed by atoms with E-state index in [1.165, 1.54) is 5.56 Å². The van der Waals surface area contributed by atoms with E-state index in [9.17, 15) is 0 Å². The molecule has 0 spiro atoms. The number of nitrogens with zero attached hydrogens (tertiary/aromatic N) is 3. The Morgan fingerprint density at radius 3 is 2.57 bits per heavy atom. The standard InChI is InChI=1S/C17H18N4/c1-2-21-11-9-17(20-21)13-19-16-7-5-14(6-8-16)15-4-3-10-18-12-15/h3-12,19H,2,13H2,1H3. The summed E-state index contributed by atoms with van der Waals surface area (Å²) in [5, 5.41) is 7.84. The predicted molar refractivity (Wildman–Crippen MR) is 84.9 cm³/mol. The maximum absolute atomic E-state index is 4.45. The Labute approximate surface area is 124 Å². The summed E-state index contributed by atoms with van der Waals surface area (Å²) in [6, 6.07) is 14.4. The first-order valence-corrected chi connectivity index (χ1v) is 7.12. The Balaban J connectivity index is 1.64. The van der Waals surface area contributed by atoms with E-state index in [2.05, 4.69) is 52.7 Å². The van der Waals surface area contributed by atoms with Gasteiger partial charge in [0.15, 0.2) is 0 Å². The first kappa shape index (κ1) is 13.4. The van der Waals surface area contributed by atoms with Gasteiger partial charge < -0.3 is 5.32 Å². The largest absolute Gasteiger partial charge is 0.379 e. The maximum Gasteiger partial charge on any atom is 0.0815 e. The van der Waals surface area contributed by atoms with Crippen LogP contribution in [0.4, 0.5) is 5.69 Å². The molecule has 0 saturated carbocycles. The number of benzene rings is 1. The summed E-state index contributed by atoms with van der Waals surface area (Å²) < 4.78 is 1.93. The number of nitrogens with one attached hydrogen (secondary N) is 1. The minimum Gasteiger partial charge on any atom is -0.379 e. The van der Waals surface area contributed by atoms with Crippen LogP contribution in [-0.4, -0.2) is 14.8 Å². The quantitative estimate of drug-likeness (QED) is 0.775. The minimum absolute atomic E-state index is 0.735. The minimum atomic E-state index is 0.735. The Hall–Kier alpha value is -2.62. The molecule has 2 heterocycles. The Morgan fingerprint density at radius 2 is 1.90 bits per heavy atom. The molecular weight excluding hydrogens is 260 g/mol. The number of pyridine rings is 1.